The summed E-state index contributed by atoms with van der Waals surface area (Å²) in [7, 11) is 0. The van der Waals surface area contributed by atoms with E-state index in [1.165, 1.54) is 4.68 Å². The second-order valence-electron chi connectivity index (χ2n) is 4.65. The smallest absolute Gasteiger partial charge is 0.275 e. The molecule has 1 amide bonds. The number of nitrogen functional groups attached to an aromatic ring is 1. The van der Waals surface area contributed by atoms with Crippen LogP contribution in [0.25, 0.3) is 5.69 Å². The molecule has 1 aromatic heterocycles. The Labute approximate surface area is 111 Å². The molecule has 0 aliphatic rings. The van der Waals surface area contributed by atoms with Crippen LogP contribution in [0.5, 0.6) is 0 Å². The van der Waals surface area contributed by atoms with Gasteiger partial charge in [-0.25, -0.2) is 0 Å². The molecular weight excluding hydrogens is 242 g/mol. The number of carbonyl (C=O) groups is 1. The molecule has 0 saturated heterocycles. The third kappa shape index (κ3) is 2.57. The van der Waals surface area contributed by atoms with E-state index in [1.54, 1.807) is 0 Å². The minimum absolute atomic E-state index is 0.0236. The number of nitrogens with zero attached hydrogens (tertiary/aromatic N) is 3. The first-order chi connectivity index (χ1) is 9.00. The van der Waals surface area contributed by atoms with Crippen molar-refractivity contribution in [3.8, 4) is 5.69 Å². The molecule has 0 fully saturated rings. The molecule has 0 saturated carbocycles. The predicted octanol–water partition coefficient (Wildman–Crippen LogP) is 1.30. The fourth-order valence-electron chi connectivity index (χ4n) is 1.76. The summed E-state index contributed by atoms with van der Waals surface area (Å²) in [4.78, 5) is 11.9. The SMILES string of the molecule is Cc1ccccc1-n1nnc(C(=O)NC(C)C)c1N. The molecule has 2 rings (SSSR count). The normalized spacial score (nSPS) is 10.7. The van der Waals surface area contributed by atoms with Crippen LogP contribution in [0.2, 0.25) is 0 Å². The molecule has 1 heterocycles. The third-order valence-electron chi connectivity index (χ3n) is 2.68. The summed E-state index contributed by atoms with van der Waals surface area (Å²) in [5, 5.41) is 10.6. The van der Waals surface area contributed by atoms with Gasteiger partial charge in [-0.15, -0.1) is 5.10 Å². The van der Waals surface area contributed by atoms with Gasteiger partial charge in [0, 0.05) is 6.04 Å². The quantitative estimate of drug-likeness (QED) is 0.869. The molecule has 0 radical (unpaired) electrons. The second kappa shape index (κ2) is 5.09. The Bertz CT molecular complexity index is 603. The van der Waals surface area contributed by atoms with Crippen molar-refractivity contribution in [2.24, 2.45) is 0 Å². The minimum Gasteiger partial charge on any atom is -0.382 e. The molecule has 0 aliphatic carbocycles. The molecule has 6 nitrogen and oxygen atoms in total. The van der Waals surface area contributed by atoms with E-state index in [0.29, 0.717) is 0 Å². The lowest BCUT2D eigenvalue weighted by Gasteiger charge is -2.08. The number of hydrogen-bond acceptors (Lipinski definition) is 4. The number of nitrogens with two attached hydrogens (primary N) is 1. The van der Waals surface area contributed by atoms with Crippen LogP contribution in [-0.2, 0) is 0 Å². The van der Waals surface area contributed by atoms with Crippen LogP contribution in [0, 0.1) is 6.92 Å². The van der Waals surface area contributed by atoms with Crippen molar-refractivity contribution >= 4 is 11.7 Å². The Hall–Kier alpha value is -2.37. The first kappa shape index (κ1) is 13.1. The van der Waals surface area contributed by atoms with Crippen LogP contribution in [-0.4, -0.2) is 26.9 Å². The average Bonchev–Trinajstić information content (AvgIpc) is 2.71. The fraction of sp³-hybridized carbons (Fsp3) is 0.308. The number of aryl methyl sites for hydroxylation is 1. The van der Waals surface area contributed by atoms with Crippen LogP contribution in [0.1, 0.15) is 29.9 Å². The average molecular weight is 259 g/mol. The molecule has 0 aliphatic heterocycles. The van der Waals surface area contributed by atoms with Gasteiger partial charge in [-0.05, 0) is 32.4 Å². The standard InChI is InChI=1S/C13H17N5O/c1-8(2)15-13(19)11-12(14)18(17-16-11)10-7-5-4-6-9(10)3/h4-8H,14H2,1-3H3,(H,15,19). The van der Waals surface area contributed by atoms with Crippen molar-refractivity contribution in [2.75, 3.05) is 5.73 Å². The van der Waals surface area contributed by atoms with E-state index in [2.05, 4.69) is 15.6 Å². The van der Waals surface area contributed by atoms with E-state index in [4.69, 9.17) is 5.73 Å². The van der Waals surface area contributed by atoms with E-state index in [0.717, 1.165) is 11.3 Å². The molecule has 2 aromatic rings. The molecule has 19 heavy (non-hydrogen) atoms. The summed E-state index contributed by atoms with van der Waals surface area (Å²) in [5.74, 6) is -0.0696. The lowest BCUT2D eigenvalue weighted by atomic mass is 10.2. The molecule has 0 unspecified atom stereocenters. The lowest BCUT2D eigenvalue weighted by Crippen LogP contribution is -2.31. The molecule has 0 bridgehead atoms. The number of nitrogens with one attached hydrogen (secondary N) is 1. The van der Waals surface area contributed by atoms with Crippen molar-refractivity contribution in [2.45, 2.75) is 26.8 Å². The summed E-state index contributed by atoms with van der Waals surface area (Å²) in [6.45, 7) is 5.70. The molecular formula is C13H17N5O. The second-order valence-corrected chi connectivity index (χ2v) is 4.65. The Morgan fingerprint density at radius 2 is 2.05 bits per heavy atom. The first-order valence-corrected chi connectivity index (χ1v) is 6.08. The first-order valence-electron chi connectivity index (χ1n) is 6.08. The topological polar surface area (TPSA) is 85.8 Å². The Kier molecular flexibility index (Phi) is 3.50. The molecule has 100 valence electrons. The van der Waals surface area contributed by atoms with Crippen molar-refractivity contribution < 1.29 is 4.79 Å². The van der Waals surface area contributed by atoms with Gasteiger partial charge < -0.3 is 11.1 Å². The summed E-state index contributed by atoms with van der Waals surface area (Å²) in [6, 6.07) is 7.67. The third-order valence-corrected chi connectivity index (χ3v) is 2.68. The molecule has 1 aromatic carbocycles. The maximum absolute atomic E-state index is 11.9. The number of anilines is 1. The number of aromatic nitrogens is 3. The largest absolute Gasteiger partial charge is 0.382 e. The number of carbonyl (C=O) groups excluding carboxylic acids is 1. The van der Waals surface area contributed by atoms with Crippen molar-refractivity contribution in [3.63, 3.8) is 0 Å². The van der Waals surface area contributed by atoms with Gasteiger partial charge in [0.05, 0.1) is 5.69 Å². The zero-order chi connectivity index (χ0) is 14.0. The van der Waals surface area contributed by atoms with Gasteiger partial charge in [0.15, 0.2) is 11.5 Å². The van der Waals surface area contributed by atoms with Crippen LogP contribution in [0.4, 0.5) is 5.82 Å². The van der Waals surface area contributed by atoms with E-state index in [1.807, 2.05) is 45.0 Å². The fourth-order valence-corrected chi connectivity index (χ4v) is 1.76. The predicted molar refractivity (Wildman–Crippen MR) is 73.1 cm³/mol. The lowest BCUT2D eigenvalue weighted by molar-refractivity contribution is 0.0939. The van der Waals surface area contributed by atoms with Gasteiger partial charge in [0.2, 0.25) is 0 Å². The highest BCUT2D eigenvalue weighted by Gasteiger charge is 2.19. The van der Waals surface area contributed by atoms with Crippen molar-refractivity contribution in [1.29, 1.82) is 0 Å². The van der Waals surface area contributed by atoms with Crippen LogP contribution < -0.4 is 11.1 Å². The summed E-state index contributed by atoms with van der Waals surface area (Å²) in [5.41, 5.74) is 7.93. The summed E-state index contributed by atoms with van der Waals surface area (Å²) >= 11 is 0. The van der Waals surface area contributed by atoms with Crippen molar-refractivity contribution in [1.82, 2.24) is 20.3 Å². The highest BCUT2D eigenvalue weighted by molar-refractivity contribution is 5.96. The number of rotatable bonds is 3. The maximum Gasteiger partial charge on any atom is 0.275 e. The van der Waals surface area contributed by atoms with Gasteiger partial charge in [-0.3, -0.25) is 4.79 Å². The Morgan fingerprint density at radius 3 is 2.68 bits per heavy atom. The van der Waals surface area contributed by atoms with Gasteiger partial charge in [0.1, 0.15) is 0 Å². The van der Waals surface area contributed by atoms with Crippen LogP contribution in [0.3, 0.4) is 0 Å². The molecule has 0 spiro atoms. The number of amides is 1. The van der Waals surface area contributed by atoms with Gasteiger partial charge in [-0.2, -0.15) is 4.68 Å². The highest BCUT2D eigenvalue weighted by atomic mass is 16.2. The van der Waals surface area contributed by atoms with E-state index < -0.39 is 0 Å². The number of hydrogen-bond donors (Lipinski definition) is 2. The molecule has 6 heteroatoms. The van der Waals surface area contributed by atoms with Gasteiger partial charge >= 0.3 is 0 Å². The summed E-state index contributed by atoms with van der Waals surface area (Å²) < 4.78 is 1.48. The van der Waals surface area contributed by atoms with E-state index in [-0.39, 0.29) is 23.5 Å². The Balaban J connectivity index is 2.39. The van der Waals surface area contributed by atoms with Crippen LogP contribution >= 0.6 is 0 Å². The molecule has 0 atom stereocenters. The van der Waals surface area contributed by atoms with Crippen LogP contribution in [0.15, 0.2) is 24.3 Å². The zero-order valence-corrected chi connectivity index (χ0v) is 11.2. The van der Waals surface area contributed by atoms with Gasteiger partial charge in [-0.1, -0.05) is 23.4 Å². The van der Waals surface area contributed by atoms with Gasteiger partial charge in [0.25, 0.3) is 5.91 Å². The molecule has 3 N–H and O–H groups in total. The van der Waals surface area contributed by atoms with Crippen molar-refractivity contribution in [3.05, 3.63) is 35.5 Å². The monoisotopic (exact) mass is 259 g/mol. The maximum atomic E-state index is 11.9. The Morgan fingerprint density at radius 1 is 1.37 bits per heavy atom. The van der Waals surface area contributed by atoms with E-state index >= 15 is 0 Å². The minimum atomic E-state index is -0.313. The number of benzene rings is 1. The van der Waals surface area contributed by atoms with E-state index in [9.17, 15) is 4.79 Å². The summed E-state index contributed by atoms with van der Waals surface area (Å²) in [6.07, 6.45) is 0. The highest BCUT2D eigenvalue weighted by Crippen LogP contribution is 2.18. The zero-order valence-electron chi connectivity index (χ0n) is 11.2. The number of para-hydroxylation sites is 1.